The number of nitrogens with one attached hydrogen (secondary N) is 1. The summed E-state index contributed by atoms with van der Waals surface area (Å²) in [5.41, 5.74) is 0.332. The Bertz CT molecular complexity index is 568. The van der Waals surface area contributed by atoms with Crippen LogP contribution in [0.2, 0.25) is 10.0 Å². The van der Waals surface area contributed by atoms with Gasteiger partial charge in [-0.3, -0.25) is 0 Å². The number of hydrogen-bond acceptors (Lipinski definition) is 3. The average Bonchev–Trinajstić information content (AvgIpc) is 2.88. The summed E-state index contributed by atoms with van der Waals surface area (Å²) < 4.78 is 22.9. The van der Waals surface area contributed by atoms with Gasteiger partial charge in [0.25, 0.3) is 0 Å². The third-order valence-electron chi connectivity index (χ3n) is 2.77. The molecule has 1 saturated carbocycles. The van der Waals surface area contributed by atoms with E-state index in [-0.39, 0.29) is 15.5 Å². The molecule has 0 radical (unpaired) electrons. The Hall–Kier alpha value is -0.490. The highest BCUT2D eigenvalue weighted by Crippen LogP contribution is 2.41. The predicted molar refractivity (Wildman–Crippen MR) is 69.1 cm³/mol. The van der Waals surface area contributed by atoms with Gasteiger partial charge in [-0.1, -0.05) is 23.2 Å². The summed E-state index contributed by atoms with van der Waals surface area (Å²) >= 11 is 11.7. The topological polar surface area (TPSA) is 72.2 Å². The molecule has 2 rings (SSSR count). The molecule has 94 valence electrons. The molecule has 1 fully saturated rings. The quantitative estimate of drug-likeness (QED) is 0.900. The molecule has 0 bridgehead atoms. The van der Waals surface area contributed by atoms with Crippen molar-refractivity contribution in [3.63, 3.8) is 0 Å². The molecule has 1 aromatic carbocycles. The van der Waals surface area contributed by atoms with Crippen molar-refractivity contribution in [3.05, 3.63) is 22.2 Å². The zero-order valence-corrected chi connectivity index (χ0v) is 11.5. The number of anilines is 1. The van der Waals surface area contributed by atoms with Crippen molar-refractivity contribution in [2.24, 2.45) is 5.14 Å². The van der Waals surface area contributed by atoms with Gasteiger partial charge in [-0.25, -0.2) is 13.6 Å². The number of halogens is 2. The Kier molecular flexibility index (Phi) is 3.06. The van der Waals surface area contributed by atoms with Crippen LogP contribution in [0, 0.1) is 0 Å². The minimum Gasteiger partial charge on any atom is -0.379 e. The molecule has 0 heterocycles. The van der Waals surface area contributed by atoms with Crippen LogP contribution in [0.1, 0.15) is 19.8 Å². The van der Waals surface area contributed by atoms with Gasteiger partial charge in [0.1, 0.15) is 4.90 Å². The van der Waals surface area contributed by atoms with Crippen LogP contribution in [0.15, 0.2) is 17.0 Å². The van der Waals surface area contributed by atoms with E-state index in [0.29, 0.717) is 10.7 Å². The third-order valence-corrected chi connectivity index (χ3v) is 4.44. The highest BCUT2D eigenvalue weighted by atomic mass is 35.5. The van der Waals surface area contributed by atoms with Crippen molar-refractivity contribution in [1.82, 2.24) is 0 Å². The van der Waals surface area contributed by atoms with Crippen LogP contribution in [0.5, 0.6) is 0 Å². The van der Waals surface area contributed by atoms with E-state index in [0.717, 1.165) is 12.8 Å². The van der Waals surface area contributed by atoms with Crippen molar-refractivity contribution in [2.75, 3.05) is 5.32 Å². The molecule has 4 nitrogen and oxygen atoms in total. The third kappa shape index (κ3) is 2.85. The van der Waals surface area contributed by atoms with Crippen LogP contribution in [0.3, 0.4) is 0 Å². The lowest BCUT2D eigenvalue weighted by Gasteiger charge is -2.16. The summed E-state index contributed by atoms with van der Waals surface area (Å²) in [7, 11) is -3.82. The lowest BCUT2D eigenvalue weighted by atomic mass is 10.2. The molecule has 17 heavy (non-hydrogen) atoms. The fourth-order valence-corrected chi connectivity index (χ4v) is 2.59. The molecule has 0 spiro atoms. The standard InChI is InChI=1S/C10H12Cl2N2O2S/c1-10(2-3-10)14-8-4-6(11)7(12)5-9(8)17(13,15)16/h4-5,14H,2-3H2,1H3,(H2,13,15,16). The van der Waals surface area contributed by atoms with E-state index >= 15 is 0 Å². The van der Waals surface area contributed by atoms with Crippen LogP contribution < -0.4 is 10.5 Å². The molecule has 1 aliphatic rings. The number of rotatable bonds is 3. The molecule has 1 aliphatic carbocycles. The molecule has 0 atom stereocenters. The molecule has 0 saturated heterocycles. The first-order valence-corrected chi connectivity index (χ1v) is 7.32. The molecule has 0 amide bonds. The van der Waals surface area contributed by atoms with Crippen LogP contribution in [-0.2, 0) is 10.0 Å². The van der Waals surface area contributed by atoms with Gasteiger partial charge in [-0.2, -0.15) is 0 Å². The summed E-state index contributed by atoms with van der Waals surface area (Å²) in [5.74, 6) is 0. The van der Waals surface area contributed by atoms with Gasteiger partial charge in [0, 0.05) is 5.54 Å². The zero-order valence-electron chi connectivity index (χ0n) is 9.13. The largest absolute Gasteiger partial charge is 0.379 e. The number of sulfonamides is 1. The van der Waals surface area contributed by atoms with Crippen molar-refractivity contribution in [3.8, 4) is 0 Å². The van der Waals surface area contributed by atoms with Gasteiger partial charge < -0.3 is 5.32 Å². The Labute approximate surface area is 110 Å². The summed E-state index contributed by atoms with van der Waals surface area (Å²) in [6, 6.07) is 2.76. The molecule has 3 N–H and O–H groups in total. The first kappa shape index (κ1) is 13.0. The second-order valence-corrected chi connectivity index (χ2v) is 6.84. The van der Waals surface area contributed by atoms with E-state index in [1.807, 2.05) is 6.92 Å². The Balaban J connectivity index is 2.51. The maximum Gasteiger partial charge on any atom is 0.240 e. The fraction of sp³-hybridized carbons (Fsp3) is 0.400. The van der Waals surface area contributed by atoms with Crippen molar-refractivity contribution in [2.45, 2.75) is 30.2 Å². The molecule has 1 aromatic rings. The zero-order chi connectivity index (χ0) is 12.8. The lowest BCUT2D eigenvalue weighted by Crippen LogP contribution is -2.20. The first-order valence-electron chi connectivity index (χ1n) is 5.01. The number of nitrogens with two attached hydrogens (primary N) is 1. The molecule has 0 aromatic heterocycles. The Morgan fingerprint density at radius 3 is 2.29 bits per heavy atom. The van der Waals surface area contributed by atoms with Gasteiger partial charge in [-0.15, -0.1) is 0 Å². The Morgan fingerprint density at radius 1 is 1.29 bits per heavy atom. The van der Waals surface area contributed by atoms with E-state index < -0.39 is 10.0 Å². The smallest absolute Gasteiger partial charge is 0.240 e. The summed E-state index contributed by atoms with van der Waals surface area (Å²) in [5, 5.41) is 8.75. The van der Waals surface area contributed by atoms with Gasteiger partial charge >= 0.3 is 0 Å². The van der Waals surface area contributed by atoms with E-state index in [1.165, 1.54) is 12.1 Å². The highest BCUT2D eigenvalue weighted by molar-refractivity contribution is 7.89. The van der Waals surface area contributed by atoms with Crippen LogP contribution in [0.4, 0.5) is 5.69 Å². The highest BCUT2D eigenvalue weighted by Gasteiger charge is 2.38. The first-order chi connectivity index (χ1) is 7.71. The Morgan fingerprint density at radius 2 is 1.82 bits per heavy atom. The van der Waals surface area contributed by atoms with Crippen molar-refractivity contribution >= 4 is 38.9 Å². The normalized spacial score (nSPS) is 17.9. The predicted octanol–water partition coefficient (Wildman–Crippen LogP) is 2.61. The number of primary sulfonamides is 1. The van der Waals surface area contributed by atoms with Crippen LogP contribution in [0.25, 0.3) is 0 Å². The average molecular weight is 295 g/mol. The second-order valence-electron chi connectivity index (χ2n) is 4.49. The van der Waals surface area contributed by atoms with E-state index in [1.54, 1.807) is 0 Å². The SMILES string of the molecule is CC1(Nc2cc(Cl)c(Cl)cc2S(N)(=O)=O)CC1. The maximum absolute atomic E-state index is 11.5. The summed E-state index contributed by atoms with van der Waals surface area (Å²) in [6.45, 7) is 2.00. The van der Waals surface area contributed by atoms with Crippen LogP contribution >= 0.6 is 23.2 Å². The minimum atomic E-state index is -3.82. The van der Waals surface area contributed by atoms with E-state index in [9.17, 15) is 8.42 Å². The summed E-state index contributed by atoms with van der Waals surface area (Å²) in [4.78, 5) is -0.0278. The maximum atomic E-state index is 11.5. The van der Waals surface area contributed by atoms with Crippen LogP contribution in [-0.4, -0.2) is 14.0 Å². The molecular weight excluding hydrogens is 283 g/mol. The number of hydrogen-bond donors (Lipinski definition) is 2. The monoisotopic (exact) mass is 294 g/mol. The fourth-order valence-electron chi connectivity index (χ4n) is 1.50. The summed E-state index contributed by atoms with van der Waals surface area (Å²) in [6.07, 6.45) is 1.97. The molecule has 0 aliphatic heterocycles. The molecule has 7 heteroatoms. The second kappa shape index (κ2) is 4.02. The molecular formula is C10H12Cl2N2O2S. The minimum absolute atomic E-state index is 0.0278. The van der Waals surface area contributed by atoms with Crippen molar-refractivity contribution in [1.29, 1.82) is 0 Å². The van der Waals surface area contributed by atoms with Gasteiger partial charge in [-0.05, 0) is 31.9 Å². The van der Waals surface area contributed by atoms with Gasteiger partial charge in [0.15, 0.2) is 0 Å². The van der Waals surface area contributed by atoms with E-state index in [4.69, 9.17) is 28.3 Å². The lowest BCUT2D eigenvalue weighted by molar-refractivity contribution is 0.598. The molecule has 0 unspecified atom stereocenters. The van der Waals surface area contributed by atoms with E-state index in [2.05, 4.69) is 5.32 Å². The van der Waals surface area contributed by atoms with Gasteiger partial charge in [0.2, 0.25) is 10.0 Å². The number of benzene rings is 1. The van der Waals surface area contributed by atoms with Gasteiger partial charge in [0.05, 0.1) is 15.7 Å². The van der Waals surface area contributed by atoms with Crippen molar-refractivity contribution < 1.29 is 8.42 Å².